The quantitative estimate of drug-likeness (QED) is 0.653. The molecule has 1 aliphatic rings. The molecule has 0 saturated carbocycles. The van der Waals surface area contributed by atoms with Crippen molar-refractivity contribution in [2.45, 2.75) is 25.4 Å². The largest absolute Gasteiger partial charge is 0.478 e. The van der Waals surface area contributed by atoms with Crippen molar-refractivity contribution < 1.29 is 17.9 Å². The minimum Gasteiger partial charge on any atom is -0.478 e. The fourth-order valence-electron chi connectivity index (χ4n) is 2.88. The van der Waals surface area contributed by atoms with E-state index in [1.807, 2.05) is 11.8 Å². The van der Waals surface area contributed by atoms with Crippen LogP contribution in [0.25, 0.3) is 10.9 Å². The summed E-state index contributed by atoms with van der Waals surface area (Å²) in [6.45, 7) is 2.62. The molecule has 3 nitrogen and oxygen atoms in total. The Morgan fingerprint density at radius 1 is 1.16 bits per heavy atom. The first-order valence-electron chi connectivity index (χ1n) is 8.44. The molecule has 0 spiro atoms. The number of para-hydroxylation sites is 1. The summed E-state index contributed by atoms with van der Waals surface area (Å²) in [5, 5.41) is 0.103. The van der Waals surface area contributed by atoms with Gasteiger partial charge in [0.1, 0.15) is 0 Å². The predicted molar refractivity (Wildman–Crippen MR) is 95.0 cm³/mol. The van der Waals surface area contributed by atoms with E-state index in [-0.39, 0.29) is 11.3 Å². The Balaban J connectivity index is 1.54. The Morgan fingerprint density at radius 3 is 2.76 bits per heavy atom. The van der Waals surface area contributed by atoms with Gasteiger partial charge in [-0.1, -0.05) is 18.2 Å². The minimum absolute atomic E-state index is 0.0435. The third kappa shape index (κ3) is 5.01. The van der Waals surface area contributed by atoms with Crippen molar-refractivity contribution in [3.63, 3.8) is 0 Å². The lowest BCUT2D eigenvalue weighted by molar-refractivity contribution is -0.136. The maximum atomic E-state index is 13.2. The lowest BCUT2D eigenvalue weighted by atomic mass is 10.1. The Labute approximate surface area is 149 Å². The molecule has 0 bridgehead atoms. The zero-order valence-electron chi connectivity index (χ0n) is 13.9. The van der Waals surface area contributed by atoms with Gasteiger partial charge in [-0.05, 0) is 31.9 Å². The van der Waals surface area contributed by atoms with Crippen molar-refractivity contribution >= 4 is 22.7 Å². The van der Waals surface area contributed by atoms with Crippen molar-refractivity contribution in [2.75, 3.05) is 31.3 Å². The first kappa shape index (κ1) is 18.3. The molecule has 0 aliphatic carbocycles. The number of unbranched alkanes of at least 4 members (excludes halogenated alkanes) is 2. The Morgan fingerprint density at radius 2 is 2.00 bits per heavy atom. The lowest BCUT2D eigenvalue weighted by Crippen LogP contribution is -2.20. The van der Waals surface area contributed by atoms with Gasteiger partial charge < -0.3 is 4.74 Å². The second kappa shape index (κ2) is 8.27. The molecule has 0 atom stereocenters. The van der Waals surface area contributed by atoms with E-state index in [2.05, 4.69) is 9.88 Å². The number of ether oxygens (including phenoxy) is 1. The molecule has 7 heteroatoms. The number of hydrogen-bond acceptors (Lipinski definition) is 4. The average molecular weight is 370 g/mol. The van der Waals surface area contributed by atoms with Gasteiger partial charge >= 0.3 is 6.18 Å². The number of halogens is 3. The Hall–Kier alpha value is -1.47. The maximum Gasteiger partial charge on any atom is 0.417 e. The number of hydrogen-bond donors (Lipinski definition) is 0. The van der Waals surface area contributed by atoms with Crippen LogP contribution in [-0.2, 0) is 6.18 Å². The topological polar surface area (TPSA) is 25.4 Å². The van der Waals surface area contributed by atoms with Gasteiger partial charge in [-0.25, -0.2) is 4.98 Å². The number of rotatable bonds is 7. The van der Waals surface area contributed by atoms with Crippen LogP contribution in [0.15, 0.2) is 30.3 Å². The molecular formula is C18H21F3N2OS. The van der Waals surface area contributed by atoms with E-state index in [0.717, 1.165) is 44.3 Å². The molecule has 2 heterocycles. The summed E-state index contributed by atoms with van der Waals surface area (Å²) < 4.78 is 45.2. The summed E-state index contributed by atoms with van der Waals surface area (Å²) in [4.78, 5) is 6.62. The molecule has 1 aromatic heterocycles. The van der Waals surface area contributed by atoms with Crippen LogP contribution in [0, 0.1) is 0 Å². The zero-order valence-corrected chi connectivity index (χ0v) is 14.7. The fraction of sp³-hybridized carbons (Fsp3) is 0.500. The molecule has 0 amide bonds. The molecule has 0 radical (unpaired) electrons. The average Bonchev–Trinajstić information content (AvgIpc) is 3.10. The summed E-state index contributed by atoms with van der Waals surface area (Å²) >= 11 is 1.95. The third-order valence-corrected chi connectivity index (χ3v) is 5.21. The number of aromatic nitrogens is 1. The second-order valence-electron chi connectivity index (χ2n) is 6.09. The van der Waals surface area contributed by atoms with E-state index in [4.69, 9.17) is 4.74 Å². The van der Waals surface area contributed by atoms with Crippen molar-refractivity contribution in [3.05, 3.63) is 35.9 Å². The highest BCUT2D eigenvalue weighted by molar-refractivity contribution is 7.99. The standard InChI is InChI=1S/C18H21F3N2OS/c19-18(20,21)15-12-17(22-16-7-3-2-6-14(15)16)24-10-5-1-4-8-23-9-11-25-13-23/h2-3,6-7,12H,1,4-5,8-11,13H2. The van der Waals surface area contributed by atoms with Gasteiger partial charge in [0.25, 0.3) is 0 Å². The van der Waals surface area contributed by atoms with Crippen LogP contribution in [-0.4, -0.2) is 41.2 Å². The number of pyridine rings is 1. The van der Waals surface area contributed by atoms with E-state index >= 15 is 0 Å². The molecular weight excluding hydrogens is 349 g/mol. The van der Waals surface area contributed by atoms with Gasteiger partial charge in [0.2, 0.25) is 5.88 Å². The molecule has 0 N–H and O–H groups in total. The highest BCUT2D eigenvalue weighted by Crippen LogP contribution is 2.36. The van der Waals surface area contributed by atoms with Gasteiger partial charge in [-0.15, -0.1) is 11.8 Å². The molecule has 1 aromatic carbocycles. The van der Waals surface area contributed by atoms with Crippen molar-refractivity contribution in [1.29, 1.82) is 0 Å². The monoisotopic (exact) mass is 370 g/mol. The molecule has 1 saturated heterocycles. The van der Waals surface area contributed by atoms with Crippen LogP contribution in [0.1, 0.15) is 24.8 Å². The molecule has 136 valence electrons. The van der Waals surface area contributed by atoms with Crippen LogP contribution in [0.3, 0.4) is 0 Å². The second-order valence-corrected chi connectivity index (χ2v) is 7.16. The van der Waals surface area contributed by atoms with Crippen LogP contribution in [0.5, 0.6) is 5.88 Å². The first-order chi connectivity index (χ1) is 12.0. The summed E-state index contributed by atoms with van der Waals surface area (Å²) in [7, 11) is 0. The predicted octanol–water partition coefficient (Wildman–Crippen LogP) is 4.81. The fourth-order valence-corrected chi connectivity index (χ4v) is 3.91. The molecule has 1 aliphatic heterocycles. The molecule has 0 unspecified atom stereocenters. The van der Waals surface area contributed by atoms with Gasteiger partial charge in [-0.3, -0.25) is 4.90 Å². The van der Waals surface area contributed by atoms with E-state index in [9.17, 15) is 13.2 Å². The van der Waals surface area contributed by atoms with Crippen molar-refractivity contribution in [2.24, 2.45) is 0 Å². The summed E-state index contributed by atoms with van der Waals surface area (Å²) in [6.07, 6.45) is -1.52. The minimum atomic E-state index is -4.42. The first-order valence-corrected chi connectivity index (χ1v) is 9.59. The van der Waals surface area contributed by atoms with E-state index in [1.54, 1.807) is 18.2 Å². The number of benzene rings is 1. The van der Waals surface area contributed by atoms with Crippen molar-refractivity contribution in [1.82, 2.24) is 9.88 Å². The molecule has 1 fully saturated rings. The van der Waals surface area contributed by atoms with Crippen LogP contribution < -0.4 is 4.74 Å². The Kier molecular flexibility index (Phi) is 6.06. The highest BCUT2D eigenvalue weighted by Gasteiger charge is 2.33. The number of fused-ring (bicyclic) bond motifs is 1. The lowest BCUT2D eigenvalue weighted by Gasteiger charge is -2.14. The number of nitrogens with zero attached hydrogens (tertiary/aromatic N) is 2. The number of thioether (sulfide) groups is 1. The van der Waals surface area contributed by atoms with Crippen LogP contribution >= 0.6 is 11.8 Å². The van der Waals surface area contributed by atoms with E-state index in [0.29, 0.717) is 12.1 Å². The maximum absolute atomic E-state index is 13.2. The molecule has 2 aromatic rings. The molecule has 3 rings (SSSR count). The molecule has 25 heavy (non-hydrogen) atoms. The van der Waals surface area contributed by atoms with Crippen LogP contribution in [0.4, 0.5) is 13.2 Å². The van der Waals surface area contributed by atoms with Gasteiger partial charge in [0.15, 0.2) is 0 Å². The Bertz CT molecular complexity index is 702. The van der Waals surface area contributed by atoms with Gasteiger partial charge in [0.05, 0.1) is 17.7 Å². The zero-order chi connectivity index (χ0) is 17.7. The SMILES string of the molecule is FC(F)(F)c1cc(OCCCCCN2CCSC2)nc2ccccc12. The van der Waals surface area contributed by atoms with E-state index < -0.39 is 11.7 Å². The van der Waals surface area contributed by atoms with Gasteiger partial charge in [-0.2, -0.15) is 13.2 Å². The number of alkyl halides is 3. The normalized spacial score (nSPS) is 15.8. The summed E-state index contributed by atoms with van der Waals surface area (Å²) in [6, 6.07) is 7.27. The highest BCUT2D eigenvalue weighted by atomic mass is 32.2. The van der Waals surface area contributed by atoms with E-state index in [1.165, 1.54) is 11.8 Å². The summed E-state index contributed by atoms with van der Waals surface area (Å²) in [5.41, 5.74) is -0.390. The smallest absolute Gasteiger partial charge is 0.417 e. The summed E-state index contributed by atoms with van der Waals surface area (Å²) in [5.74, 6) is 2.36. The third-order valence-electron chi connectivity index (χ3n) is 4.19. The van der Waals surface area contributed by atoms with Crippen molar-refractivity contribution in [3.8, 4) is 5.88 Å². The van der Waals surface area contributed by atoms with Crippen LogP contribution in [0.2, 0.25) is 0 Å². The van der Waals surface area contributed by atoms with Gasteiger partial charge in [0, 0.05) is 29.6 Å².